The molecular formula is C7H4F6N2. The molecule has 1 rings (SSSR count). The van der Waals surface area contributed by atoms with E-state index in [4.69, 9.17) is 0 Å². The predicted molar refractivity (Wildman–Crippen MR) is 40.7 cm³/mol. The van der Waals surface area contributed by atoms with Gasteiger partial charge >= 0.3 is 12.4 Å². The number of hydrogen-bond acceptors (Lipinski definition) is 2. The topological polar surface area (TPSA) is 24.7 Å². The summed E-state index contributed by atoms with van der Waals surface area (Å²) in [7, 11) is 0. The molecule has 15 heavy (non-hydrogen) atoms. The maximum Gasteiger partial charge on any atom is 0.432 e. The fourth-order valence-electron chi connectivity index (χ4n) is 1.05. The lowest BCUT2D eigenvalue weighted by molar-refractivity contribution is -0.0656. The first-order valence-corrected chi connectivity index (χ1v) is 3.60. The minimum atomic E-state index is -4.94. The fourth-order valence-corrected chi connectivity index (χ4v) is 1.05. The summed E-state index contributed by atoms with van der Waals surface area (Å²) in [5, 5.41) is 4.99. The Kier molecular flexibility index (Phi) is 2.62. The Morgan fingerprint density at radius 3 is 1.47 bits per heavy atom. The highest BCUT2D eigenvalue weighted by Crippen LogP contribution is 2.33. The van der Waals surface area contributed by atoms with Gasteiger partial charge in [0.1, 0.15) is 0 Å². The molecule has 0 atom stereocenters. The maximum absolute atomic E-state index is 12.1. The fraction of sp³-hybridized carbons (Fsp3) is 0.429. The molecule has 0 aromatic carbocycles. The second kappa shape index (κ2) is 3.35. The van der Waals surface area contributed by atoms with Gasteiger partial charge in [0.2, 0.25) is 0 Å². The van der Waals surface area contributed by atoms with Crippen LogP contribution in [0, 0.1) is 5.92 Å². The molecule has 0 fully saturated rings. The normalized spacial score (nSPS) is 18.8. The van der Waals surface area contributed by atoms with Gasteiger partial charge in [-0.2, -0.15) is 26.3 Å². The van der Waals surface area contributed by atoms with Crippen molar-refractivity contribution in [2.45, 2.75) is 12.4 Å². The smallest absolute Gasteiger partial charge is 0.165 e. The van der Waals surface area contributed by atoms with Crippen molar-refractivity contribution in [3.8, 4) is 0 Å². The zero-order valence-electron chi connectivity index (χ0n) is 7.02. The van der Waals surface area contributed by atoms with Crippen LogP contribution in [0.2, 0.25) is 0 Å². The van der Waals surface area contributed by atoms with Crippen LogP contribution in [0.3, 0.4) is 0 Å². The van der Waals surface area contributed by atoms with Gasteiger partial charge in [-0.3, -0.25) is 0 Å². The molecule has 0 radical (unpaired) electrons. The van der Waals surface area contributed by atoms with Gasteiger partial charge in [0.15, 0.2) is 11.4 Å². The van der Waals surface area contributed by atoms with Gasteiger partial charge in [0.05, 0.1) is 5.92 Å². The number of allylic oxidation sites excluding steroid dienone is 1. The Bertz CT molecular complexity index is 304. The minimum absolute atomic E-state index is 0.519. The summed E-state index contributed by atoms with van der Waals surface area (Å²) < 4.78 is 72.8. The van der Waals surface area contributed by atoms with Gasteiger partial charge in [-0.1, -0.05) is 6.08 Å². The van der Waals surface area contributed by atoms with Gasteiger partial charge in [-0.05, 0) is 0 Å². The van der Waals surface area contributed by atoms with Gasteiger partial charge in [0.25, 0.3) is 0 Å². The Morgan fingerprint density at radius 2 is 1.27 bits per heavy atom. The van der Waals surface area contributed by atoms with Gasteiger partial charge in [-0.15, -0.1) is 16.8 Å². The summed E-state index contributed by atoms with van der Waals surface area (Å²) in [5.74, 6) is -2.04. The van der Waals surface area contributed by atoms with Gasteiger partial charge < -0.3 is 0 Å². The van der Waals surface area contributed by atoms with E-state index in [9.17, 15) is 26.3 Å². The van der Waals surface area contributed by atoms with Crippen molar-refractivity contribution in [2.75, 3.05) is 0 Å². The van der Waals surface area contributed by atoms with Gasteiger partial charge in [-0.25, -0.2) is 0 Å². The lowest BCUT2D eigenvalue weighted by Crippen LogP contribution is -2.37. The SMILES string of the molecule is C=CC1C(C(F)(F)F)=NN=C1C(F)(F)F. The second-order valence-corrected chi connectivity index (χ2v) is 2.68. The number of hydrogen-bond donors (Lipinski definition) is 0. The molecule has 0 amide bonds. The zero-order chi connectivity index (χ0) is 11.9. The number of rotatable bonds is 1. The molecule has 0 bridgehead atoms. The molecular weight excluding hydrogens is 226 g/mol. The van der Waals surface area contributed by atoms with E-state index in [0.29, 0.717) is 6.08 Å². The van der Waals surface area contributed by atoms with Crippen molar-refractivity contribution in [1.29, 1.82) is 0 Å². The first kappa shape index (κ1) is 11.7. The third-order valence-electron chi connectivity index (χ3n) is 1.67. The molecule has 1 aliphatic heterocycles. The summed E-state index contributed by atoms with van der Waals surface area (Å²) in [6, 6.07) is 0. The average Bonchev–Trinajstić information content (AvgIpc) is 2.43. The van der Waals surface area contributed by atoms with E-state index in [2.05, 4.69) is 16.8 Å². The van der Waals surface area contributed by atoms with E-state index < -0.39 is 29.7 Å². The van der Waals surface area contributed by atoms with E-state index >= 15 is 0 Å². The monoisotopic (exact) mass is 230 g/mol. The van der Waals surface area contributed by atoms with E-state index in [0.717, 1.165) is 0 Å². The maximum atomic E-state index is 12.1. The van der Waals surface area contributed by atoms with Crippen LogP contribution in [0.15, 0.2) is 22.9 Å². The van der Waals surface area contributed by atoms with E-state index in [-0.39, 0.29) is 0 Å². The van der Waals surface area contributed by atoms with Crippen molar-refractivity contribution in [3.63, 3.8) is 0 Å². The van der Waals surface area contributed by atoms with Gasteiger partial charge in [0, 0.05) is 0 Å². The second-order valence-electron chi connectivity index (χ2n) is 2.68. The molecule has 8 heteroatoms. The van der Waals surface area contributed by atoms with E-state index in [1.165, 1.54) is 0 Å². The number of halogens is 6. The molecule has 0 N–H and O–H groups in total. The molecule has 0 spiro atoms. The molecule has 0 aromatic heterocycles. The van der Waals surface area contributed by atoms with Crippen molar-refractivity contribution in [3.05, 3.63) is 12.7 Å². The van der Waals surface area contributed by atoms with Crippen molar-refractivity contribution in [2.24, 2.45) is 16.1 Å². The Hall–Kier alpha value is -1.34. The largest absolute Gasteiger partial charge is 0.432 e. The average molecular weight is 230 g/mol. The van der Waals surface area contributed by atoms with Crippen LogP contribution in [-0.2, 0) is 0 Å². The first-order chi connectivity index (χ1) is 6.68. The summed E-state index contributed by atoms with van der Waals surface area (Å²) in [5.41, 5.74) is -3.19. The van der Waals surface area contributed by atoms with Crippen molar-refractivity contribution >= 4 is 11.4 Å². The van der Waals surface area contributed by atoms with Crippen LogP contribution in [0.5, 0.6) is 0 Å². The molecule has 0 saturated carbocycles. The molecule has 2 nitrogen and oxygen atoms in total. The lowest BCUT2D eigenvalue weighted by Gasteiger charge is -2.14. The van der Waals surface area contributed by atoms with Crippen LogP contribution in [0.25, 0.3) is 0 Å². The zero-order valence-corrected chi connectivity index (χ0v) is 7.02. The summed E-state index contributed by atoms with van der Waals surface area (Å²) >= 11 is 0. The molecule has 0 saturated heterocycles. The van der Waals surface area contributed by atoms with E-state index in [1.807, 2.05) is 0 Å². The van der Waals surface area contributed by atoms with Crippen LogP contribution >= 0.6 is 0 Å². The third kappa shape index (κ3) is 2.18. The van der Waals surface area contributed by atoms with Crippen LogP contribution in [-0.4, -0.2) is 23.8 Å². The predicted octanol–water partition coefficient (Wildman–Crippen LogP) is 2.72. The summed E-state index contributed by atoms with van der Waals surface area (Å²) in [6.45, 7) is 2.91. The van der Waals surface area contributed by atoms with Crippen LogP contribution in [0.1, 0.15) is 0 Å². The summed E-state index contributed by atoms with van der Waals surface area (Å²) in [4.78, 5) is 0. The molecule has 1 heterocycles. The standard InChI is InChI=1S/C7H4F6N2/c1-2-3-4(6(8,9)10)14-15-5(3)7(11,12)13/h2-3H,1H2. The highest BCUT2D eigenvalue weighted by Gasteiger charge is 2.51. The molecule has 0 unspecified atom stereocenters. The number of alkyl halides is 6. The van der Waals surface area contributed by atoms with Crippen molar-refractivity contribution in [1.82, 2.24) is 0 Å². The molecule has 0 aliphatic carbocycles. The molecule has 0 aromatic rings. The highest BCUT2D eigenvalue weighted by molar-refractivity contribution is 6.15. The Balaban J connectivity index is 3.03. The first-order valence-electron chi connectivity index (χ1n) is 3.60. The van der Waals surface area contributed by atoms with E-state index in [1.54, 1.807) is 0 Å². The minimum Gasteiger partial charge on any atom is -0.165 e. The van der Waals surface area contributed by atoms with Crippen LogP contribution in [0.4, 0.5) is 26.3 Å². The lowest BCUT2D eigenvalue weighted by atomic mass is 9.97. The highest BCUT2D eigenvalue weighted by atomic mass is 19.4. The van der Waals surface area contributed by atoms with Crippen molar-refractivity contribution < 1.29 is 26.3 Å². The number of nitrogens with zero attached hydrogens (tertiary/aromatic N) is 2. The Labute approximate surface area is 80.0 Å². The third-order valence-corrected chi connectivity index (χ3v) is 1.67. The van der Waals surface area contributed by atoms with Crippen LogP contribution < -0.4 is 0 Å². The summed E-state index contributed by atoms with van der Waals surface area (Å²) in [6.07, 6.45) is -9.35. The molecule has 84 valence electrons. The molecule has 1 aliphatic rings. The Morgan fingerprint density at radius 1 is 0.933 bits per heavy atom. The quantitative estimate of drug-likeness (QED) is 0.488.